The van der Waals surface area contributed by atoms with Gasteiger partial charge in [-0.25, -0.2) is 54.8 Å². The quantitative estimate of drug-likeness (QED) is 0.0518. The second-order valence-corrected chi connectivity index (χ2v) is 37.3. The van der Waals surface area contributed by atoms with E-state index in [1.165, 1.54) is 32.1 Å². The highest BCUT2D eigenvalue weighted by Gasteiger charge is 2.44. The van der Waals surface area contributed by atoms with Crippen molar-refractivity contribution >= 4 is 86.7 Å². The van der Waals surface area contributed by atoms with Gasteiger partial charge in [-0.2, -0.15) is 15.3 Å². The van der Waals surface area contributed by atoms with Gasteiger partial charge in [0, 0.05) is 141 Å². The monoisotopic (exact) mass is 1730 g/mol. The average Bonchev–Trinajstić information content (AvgIpc) is 1.66. The number of hydrogen-bond acceptors (Lipinski definition) is 30. The van der Waals surface area contributed by atoms with Crippen molar-refractivity contribution in [2.75, 3.05) is 115 Å². The third-order valence-electron chi connectivity index (χ3n) is 27.4. The standard InChI is InChI=1S/C19H24ClN7.C19H22ClN5.C19H25N7.C17H23N7.C16H21N7/c1-19(11-21)4-7-27(8-5-19)14-10-25-17-13(26-14)9-24-16(17)12-3-6-23-18(22-2)15(12)20;1-12-4-3-5-13(16(12)20)17-18-14(10-22-17)24-15(11-23-18)25-8-6-19(2,21)7-9-25;1-12-13(9-23-25-12)17-18-14(10-21-17)24-16(11-22-18)26-7-5-19(6-8-26)4-2-3-15(19)20;1-11-12(7-21-23-11)15-16-13(8-19-15)22-14(9-20-16)24-5-3-17(2,10-18)4-6-24;1-10-11(7-20-22-10)14-15-12(8-18-14)21-13(9-19-15)23-5-3-16(2,17)4-6-23/h3,6,10H,4-5,7-9,11,21H2,1-2H3,(H,22,23);3-5,11H,6-10,21H2,1-2H3;9,11,15H,2-8,10,20H2,1H3,(H,23,25);7,9H,3-6,8,10,18H2,1-2H3,(H,21,23);7,9H,3-6,8,17H2,1-2H3,(H,20,22)/t;;15-;;/m..1../s1. The molecule has 35 heteroatoms. The van der Waals surface area contributed by atoms with Crippen LogP contribution in [0.2, 0.25) is 10.0 Å². The molecule has 1 saturated carbocycles. The summed E-state index contributed by atoms with van der Waals surface area (Å²) in [5, 5.41) is 25.4. The van der Waals surface area contributed by atoms with Crippen molar-refractivity contribution in [2.24, 2.45) is 69.9 Å². The van der Waals surface area contributed by atoms with Gasteiger partial charge in [0.2, 0.25) is 0 Å². The topological polar surface area (TPSA) is 448 Å². The van der Waals surface area contributed by atoms with Crippen molar-refractivity contribution in [1.29, 1.82) is 0 Å². The van der Waals surface area contributed by atoms with E-state index >= 15 is 0 Å². The molecule has 10 aliphatic heterocycles. The number of hydrogen-bond donors (Lipinski definition) is 9. The number of pyridine rings is 1. The van der Waals surface area contributed by atoms with E-state index < -0.39 is 0 Å². The number of aromatic nitrogens is 17. The summed E-state index contributed by atoms with van der Waals surface area (Å²) in [4.78, 5) is 86.5. The Morgan fingerprint density at radius 2 is 0.712 bits per heavy atom. The van der Waals surface area contributed by atoms with Crippen LogP contribution in [0.4, 0.5) is 34.9 Å². The molecule has 1 atom stereocenters. The van der Waals surface area contributed by atoms with E-state index in [4.69, 9.17) is 81.8 Å². The van der Waals surface area contributed by atoms with Crippen molar-refractivity contribution in [3.63, 3.8) is 0 Å². The van der Waals surface area contributed by atoms with Crippen LogP contribution in [0, 0.1) is 43.9 Å². The molecule has 10 aromatic rings. The van der Waals surface area contributed by atoms with Gasteiger partial charge in [0.1, 0.15) is 63.4 Å². The van der Waals surface area contributed by atoms with Gasteiger partial charge in [-0.3, -0.25) is 40.3 Å². The van der Waals surface area contributed by atoms with Crippen molar-refractivity contribution in [2.45, 2.75) is 189 Å². The molecule has 0 bridgehead atoms. The maximum atomic E-state index is 6.48. The predicted molar refractivity (Wildman–Crippen MR) is 493 cm³/mol. The Balaban J connectivity index is 0.000000111. The first-order valence-corrected chi connectivity index (χ1v) is 44.6. The molecular formula is C90H115Cl2N33. The normalized spacial score (nSPS) is 20.0. The summed E-state index contributed by atoms with van der Waals surface area (Å²) in [5.74, 6) is 5.33. The number of piperidine rings is 5. The van der Waals surface area contributed by atoms with E-state index in [2.05, 4.69) is 138 Å². The number of rotatable bonds is 13. The van der Waals surface area contributed by atoms with Gasteiger partial charge in [-0.05, 0) is 160 Å². The van der Waals surface area contributed by atoms with Crippen LogP contribution >= 0.6 is 23.2 Å². The van der Waals surface area contributed by atoms with Crippen LogP contribution in [0.15, 0.2) is 105 Å². The molecule has 0 unspecified atom stereocenters. The Hall–Kier alpha value is -11.1. The molecule has 0 radical (unpaired) electrons. The highest BCUT2D eigenvalue weighted by Crippen LogP contribution is 2.47. The minimum atomic E-state index is -0.0706. The van der Waals surface area contributed by atoms with Crippen molar-refractivity contribution in [3.8, 4) is 0 Å². The Morgan fingerprint density at radius 3 is 1.01 bits per heavy atom. The van der Waals surface area contributed by atoms with Crippen LogP contribution in [-0.4, -0.2) is 217 Å². The molecule has 6 fully saturated rings. The Morgan fingerprint density at radius 1 is 0.400 bits per heavy atom. The fraction of sp³-hybridized carbons (Fsp3) is 0.500. The molecule has 9 aromatic heterocycles. The molecule has 5 saturated heterocycles. The van der Waals surface area contributed by atoms with E-state index in [0.29, 0.717) is 55.0 Å². The molecule has 11 aliphatic rings. The highest BCUT2D eigenvalue weighted by atomic mass is 35.5. The lowest BCUT2D eigenvalue weighted by molar-refractivity contribution is 0.197. The molecule has 1 aliphatic carbocycles. The van der Waals surface area contributed by atoms with Gasteiger partial charge >= 0.3 is 0 Å². The zero-order chi connectivity index (χ0) is 87.1. The fourth-order valence-electron chi connectivity index (χ4n) is 18.4. The van der Waals surface area contributed by atoms with E-state index in [1.807, 2.05) is 89.1 Å². The highest BCUT2D eigenvalue weighted by molar-refractivity contribution is 6.38. The Bertz CT molecular complexity index is 5770. The zero-order valence-electron chi connectivity index (χ0n) is 73.2. The summed E-state index contributed by atoms with van der Waals surface area (Å²) in [6.07, 6.45) is 30.8. The number of halogens is 2. The third kappa shape index (κ3) is 18.0. The summed E-state index contributed by atoms with van der Waals surface area (Å²) in [6, 6.07) is 8.23. The molecule has 14 N–H and O–H groups in total. The summed E-state index contributed by atoms with van der Waals surface area (Å²) in [5.41, 5.74) is 53.5. The van der Waals surface area contributed by atoms with Gasteiger partial charge in [-0.15, -0.1) is 0 Å². The summed E-state index contributed by atoms with van der Waals surface area (Å²) >= 11 is 12.9. The number of aromatic amines is 3. The van der Waals surface area contributed by atoms with E-state index in [1.54, 1.807) is 25.6 Å². The largest absolute Gasteiger partial charge is 0.372 e. The zero-order valence-corrected chi connectivity index (χ0v) is 74.7. The lowest BCUT2D eigenvalue weighted by Crippen LogP contribution is -2.48. The number of nitrogens with zero attached hydrogens (tertiary/aromatic N) is 24. The minimum Gasteiger partial charge on any atom is -0.372 e. The molecular weight excluding hydrogens is 1610 g/mol. The smallest absolute Gasteiger partial charge is 0.147 e. The minimum absolute atomic E-state index is 0.0598. The summed E-state index contributed by atoms with van der Waals surface area (Å²) in [6.45, 7) is 30.7. The van der Waals surface area contributed by atoms with Crippen LogP contribution in [0.1, 0.15) is 219 Å². The first-order valence-electron chi connectivity index (χ1n) is 43.9. The van der Waals surface area contributed by atoms with E-state index in [9.17, 15) is 0 Å². The number of benzene rings is 1. The number of anilines is 6. The number of aryl methyl sites for hydroxylation is 4. The maximum absolute atomic E-state index is 6.48. The SMILES string of the molecule is CNc1nccc(C2=NCc3nc(N4CCC(C)(CN)CC4)cnc32)c1Cl.Cc1[nH]ncc1C1=NCc2nc(N3CCC(C)(CN)CC3)cnc21.Cc1[nH]ncc1C1=NCc2nc(N3CCC(C)(N)CC3)cnc21.Cc1[nH]ncc1C1=NCc2nc(N3CCC4(CCC[C@H]4N)CC3)cnc21.Cc1cccc(C2=NCc3nc(N4CCC(C)(N)CC4)cnc32)c1Cl. The molecule has 21 rings (SSSR count). The van der Waals surface area contributed by atoms with Gasteiger partial charge in [0.25, 0.3) is 0 Å². The van der Waals surface area contributed by atoms with Crippen LogP contribution in [0.5, 0.6) is 0 Å². The summed E-state index contributed by atoms with van der Waals surface area (Å²) < 4.78 is 0. The third-order valence-corrected chi connectivity index (χ3v) is 28.3. The molecule has 0 amide bonds. The van der Waals surface area contributed by atoms with Gasteiger partial charge in [0.05, 0.1) is 149 Å². The average molecular weight is 1730 g/mol. The Labute approximate surface area is 739 Å². The molecule has 125 heavy (non-hydrogen) atoms. The van der Waals surface area contributed by atoms with Crippen molar-refractivity contribution in [1.82, 2.24) is 85.4 Å². The van der Waals surface area contributed by atoms with Gasteiger partial charge < -0.3 is 58.5 Å². The van der Waals surface area contributed by atoms with Crippen LogP contribution < -0.4 is 58.5 Å². The Kier molecular flexibility index (Phi) is 24.6. The second kappa shape index (κ2) is 35.8. The molecule has 1 spiro atoms. The fourth-order valence-corrected chi connectivity index (χ4v) is 18.9. The van der Waals surface area contributed by atoms with Gasteiger partial charge in [-0.1, -0.05) is 61.7 Å². The second-order valence-electron chi connectivity index (χ2n) is 36.5. The first-order chi connectivity index (χ1) is 60.3. The number of fused-ring (bicyclic) bond motifs is 5. The molecule has 19 heterocycles. The lowest BCUT2D eigenvalue weighted by atomic mass is 9.74. The van der Waals surface area contributed by atoms with Crippen LogP contribution in [0.3, 0.4) is 0 Å². The van der Waals surface area contributed by atoms with E-state index in [-0.39, 0.29) is 21.9 Å². The number of nitrogens with one attached hydrogen (secondary N) is 4. The molecule has 1 aromatic carbocycles. The van der Waals surface area contributed by atoms with Crippen molar-refractivity contribution in [3.05, 3.63) is 197 Å². The van der Waals surface area contributed by atoms with E-state index in [0.717, 1.165) is 300 Å². The molecule has 654 valence electrons. The van der Waals surface area contributed by atoms with Crippen LogP contribution in [-0.2, 0) is 32.7 Å². The van der Waals surface area contributed by atoms with Crippen molar-refractivity contribution < 1.29 is 0 Å². The maximum Gasteiger partial charge on any atom is 0.147 e. The van der Waals surface area contributed by atoms with Crippen LogP contribution in [0.25, 0.3) is 0 Å². The predicted octanol–water partition coefficient (Wildman–Crippen LogP) is 10.1. The first kappa shape index (κ1) is 86.1. The molecule has 33 nitrogen and oxygen atoms in total. The van der Waals surface area contributed by atoms with Gasteiger partial charge in [0.15, 0.2) is 0 Å². The summed E-state index contributed by atoms with van der Waals surface area (Å²) in [7, 11) is 1.79. The number of aliphatic imine (C=N–C) groups is 5. The number of H-pyrrole nitrogens is 3. The lowest BCUT2D eigenvalue weighted by Gasteiger charge is -2.42. The number of nitrogens with two attached hydrogens (primary N) is 5.